The van der Waals surface area contributed by atoms with Gasteiger partial charge in [-0.1, -0.05) is 30.3 Å². The van der Waals surface area contributed by atoms with Gasteiger partial charge in [-0.15, -0.1) is 6.58 Å². The van der Waals surface area contributed by atoms with Crippen LogP contribution in [0.5, 0.6) is 0 Å². The largest absolute Gasteiger partial charge is 0.477 e. The van der Waals surface area contributed by atoms with Gasteiger partial charge in [-0.3, -0.25) is 4.98 Å². The monoisotopic (exact) mass is 333 g/mol. The summed E-state index contributed by atoms with van der Waals surface area (Å²) in [6.07, 6.45) is 4.56. The van der Waals surface area contributed by atoms with Crippen molar-refractivity contribution in [1.82, 2.24) is 4.98 Å². The molecule has 4 heteroatoms. The van der Waals surface area contributed by atoms with Gasteiger partial charge in [0.2, 0.25) is 5.90 Å². The van der Waals surface area contributed by atoms with Crippen LogP contribution in [0.2, 0.25) is 0 Å². The lowest BCUT2D eigenvalue weighted by molar-refractivity contribution is 0.268. The van der Waals surface area contributed by atoms with Crippen molar-refractivity contribution in [3.63, 3.8) is 0 Å². The van der Waals surface area contributed by atoms with Gasteiger partial charge in [0.15, 0.2) is 0 Å². The normalized spacial score (nSPS) is 26.7. The van der Waals surface area contributed by atoms with E-state index in [1.54, 1.807) is 0 Å². The van der Waals surface area contributed by atoms with Gasteiger partial charge in [-0.25, -0.2) is 4.99 Å². The number of rotatable bonds is 5. The molecule has 3 heterocycles. The third-order valence-electron chi connectivity index (χ3n) is 4.87. The first kappa shape index (κ1) is 15.9. The van der Waals surface area contributed by atoms with Crippen LogP contribution in [0.1, 0.15) is 32.0 Å². The van der Waals surface area contributed by atoms with Crippen LogP contribution < -0.4 is 4.90 Å². The molecular formula is C21H23N3O. The molecule has 4 nitrogen and oxygen atoms in total. The number of aromatic nitrogens is 1. The molecule has 0 bridgehead atoms. The third-order valence-corrected chi connectivity index (χ3v) is 4.87. The Morgan fingerprint density at radius 2 is 1.96 bits per heavy atom. The molecule has 2 aliphatic heterocycles. The second-order valence-corrected chi connectivity index (χ2v) is 7.30. The van der Waals surface area contributed by atoms with Gasteiger partial charge < -0.3 is 9.64 Å². The van der Waals surface area contributed by atoms with Gasteiger partial charge in [0.05, 0.1) is 11.2 Å². The molecule has 0 amide bonds. The molecule has 2 aliphatic rings. The Morgan fingerprint density at radius 3 is 2.56 bits per heavy atom. The van der Waals surface area contributed by atoms with Crippen LogP contribution in [0.25, 0.3) is 0 Å². The maximum absolute atomic E-state index is 6.08. The summed E-state index contributed by atoms with van der Waals surface area (Å²) >= 11 is 0. The second kappa shape index (κ2) is 5.73. The molecule has 25 heavy (non-hydrogen) atoms. The number of ether oxygens (including phenoxy) is 1. The average molecular weight is 333 g/mol. The number of anilines is 1. The van der Waals surface area contributed by atoms with Crippen molar-refractivity contribution in [3.05, 3.63) is 73.1 Å². The fraction of sp³-hybridized carbons (Fsp3) is 0.333. The summed E-state index contributed by atoms with van der Waals surface area (Å²) in [6.45, 7) is 8.81. The Bertz CT molecular complexity index is 753. The van der Waals surface area contributed by atoms with Gasteiger partial charge in [0, 0.05) is 11.9 Å². The summed E-state index contributed by atoms with van der Waals surface area (Å²) in [5, 5.41) is 0. The smallest absolute Gasteiger partial charge is 0.213 e. The van der Waals surface area contributed by atoms with E-state index in [1.807, 2.05) is 30.5 Å². The number of hydrogen-bond acceptors (Lipinski definition) is 4. The molecule has 0 unspecified atom stereocenters. The van der Waals surface area contributed by atoms with Crippen LogP contribution in [0.4, 0.5) is 5.69 Å². The highest BCUT2D eigenvalue weighted by Gasteiger charge is 2.69. The lowest BCUT2D eigenvalue weighted by atomic mass is 9.98. The zero-order valence-electron chi connectivity index (χ0n) is 14.7. The number of nitrogens with zero attached hydrogens (tertiary/aromatic N) is 3. The second-order valence-electron chi connectivity index (χ2n) is 7.30. The van der Waals surface area contributed by atoms with Gasteiger partial charge in [-0.2, -0.15) is 0 Å². The Balaban J connectivity index is 1.84. The maximum Gasteiger partial charge on any atom is 0.213 e. The van der Waals surface area contributed by atoms with Crippen molar-refractivity contribution < 1.29 is 4.74 Å². The highest BCUT2D eigenvalue weighted by Crippen LogP contribution is 2.59. The molecule has 1 fully saturated rings. The first-order valence-corrected chi connectivity index (χ1v) is 8.68. The fourth-order valence-electron chi connectivity index (χ4n) is 3.76. The first-order chi connectivity index (χ1) is 12.1. The maximum atomic E-state index is 6.08. The van der Waals surface area contributed by atoms with Gasteiger partial charge in [0.1, 0.15) is 18.2 Å². The number of para-hydroxylation sites is 1. The highest BCUT2D eigenvalue weighted by molar-refractivity contribution is 5.99. The molecule has 0 aliphatic carbocycles. The van der Waals surface area contributed by atoms with E-state index in [1.165, 1.54) is 0 Å². The van der Waals surface area contributed by atoms with E-state index in [0.29, 0.717) is 6.61 Å². The lowest BCUT2D eigenvalue weighted by Crippen LogP contribution is -2.30. The molecular weight excluding hydrogens is 310 g/mol. The molecule has 2 atom stereocenters. The zero-order chi connectivity index (χ0) is 17.5. The van der Waals surface area contributed by atoms with Gasteiger partial charge in [-0.05, 0) is 44.5 Å². The summed E-state index contributed by atoms with van der Waals surface area (Å²) in [5.74, 6) is 0.803. The van der Waals surface area contributed by atoms with Crippen molar-refractivity contribution in [2.45, 2.75) is 37.4 Å². The van der Waals surface area contributed by atoms with Gasteiger partial charge >= 0.3 is 0 Å². The summed E-state index contributed by atoms with van der Waals surface area (Å²) in [5.41, 5.74) is 1.65. The molecule has 4 rings (SSSR count). The van der Waals surface area contributed by atoms with E-state index in [0.717, 1.165) is 23.7 Å². The van der Waals surface area contributed by atoms with Crippen LogP contribution in [-0.4, -0.2) is 28.6 Å². The van der Waals surface area contributed by atoms with E-state index in [9.17, 15) is 0 Å². The quantitative estimate of drug-likeness (QED) is 0.609. The minimum absolute atomic E-state index is 0.0988. The van der Waals surface area contributed by atoms with Crippen molar-refractivity contribution in [3.8, 4) is 0 Å². The summed E-state index contributed by atoms with van der Waals surface area (Å²) < 4.78 is 6.08. The van der Waals surface area contributed by atoms with E-state index >= 15 is 0 Å². The predicted octanol–water partition coefficient (Wildman–Crippen LogP) is 4.17. The SMILES string of the molecule is C=CC[C@@]1(C2=NC(C)(C)CO2)[C@@H](c2ccccn2)N1c1ccccc1. The van der Waals surface area contributed by atoms with Crippen LogP contribution in [0.3, 0.4) is 0 Å². The molecule has 0 spiro atoms. The summed E-state index contributed by atoms with van der Waals surface area (Å²) in [6, 6.07) is 16.6. The molecule has 128 valence electrons. The Kier molecular flexibility index (Phi) is 3.64. The molecule has 0 radical (unpaired) electrons. The minimum atomic E-state index is -0.342. The number of pyridine rings is 1. The topological polar surface area (TPSA) is 37.5 Å². The minimum Gasteiger partial charge on any atom is -0.477 e. The summed E-state index contributed by atoms with van der Waals surface area (Å²) in [4.78, 5) is 11.9. The van der Waals surface area contributed by atoms with Crippen LogP contribution in [-0.2, 0) is 4.74 Å². The number of benzene rings is 1. The molecule has 1 aromatic heterocycles. The van der Waals surface area contributed by atoms with Gasteiger partial charge in [0.25, 0.3) is 0 Å². The van der Waals surface area contributed by atoms with E-state index in [4.69, 9.17) is 9.73 Å². The van der Waals surface area contributed by atoms with Crippen molar-refractivity contribution in [2.24, 2.45) is 4.99 Å². The molecule has 0 saturated carbocycles. The van der Waals surface area contributed by atoms with Crippen LogP contribution in [0.15, 0.2) is 72.4 Å². The molecule has 0 N–H and O–H groups in total. The highest BCUT2D eigenvalue weighted by atomic mass is 16.5. The van der Waals surface area contributed by atoms with E-state index in [-0.39, 0.29) is 17.1 Å². The average Bonchev–Trinajstić information content (AvgIpc) is 3.15. The van der Waals surface area contributed by atoms with E-state index in [2.05, 4.69) is 60.6 Å². The fourth-order valence-corrected chi connectivity index (χ4v) is 3.76. The van der Waals surface area contributed by atoms with Crippen molar-refractivity contribution in [1.29, 1.82) is 0 Å². The number of hydrogen-bond donors (Lipinski definition) is 0. The number of aliphatic imine (C=N–C) groups is 1. The van der Waals surface area contributed by atoms with Crippen molar-refractivity contribution in [2.75, 3.05) is 11.5 Å². The first-order valence-electron chi connectivity index (χ1n) is 8.68. The van der Waals surface area contributed by atoms with Crippen LogP contribution >= 0.6 is 0 Å². The third kappa shape index (κ3) is 2.53. The molecule has 1 saturated heterocycles. The Hall–Kier alpha value is -2.62. The zero-order valence-corrected chi connectivity index (χ0v) is 14.7. The molecule has 1 aromatic carbocycles. The summed E-state index contributed by atoms with van der Waals surface area (Å²) in [7, 11) is 0. The van der Waals surface area contributed by atoms with Crippen LogP contribution in [0, 0.1) is 0 Å². The standard InChI is InChI=1S/C21H23N3O/c1-4-13-21(19-23-20(2,3)15-25-19)18(17-12-8-9-14-22-17)24(21)16-10-6-5-7-11-16/h4-12,14,18H,1,13,15H2,2-3H3/t18-,21+,24?/m1/s1. The van der Waals surface area contributed by atoms with Crippen molar-refractivity contribution >= 4 is 11.6 Å². The Labute approximate surface area is 148 Å². The molecule has 2 aromatic rings. The van der Waals surface area contributed by atoms with E-state index < -0.39 is 0 Å². The lowest BCUT2D eigenvalue weighted by Gasteiger charge is -2.16. The predicted molar refractivity (Wildman–Crippen MR) is 101 cm³/mol. The Morgan fingerprint density at radius 1 is 1.20 bits per heavy atom.